The first kappa shape index (κ1) is 15.5. The molecule has 3 nitrogen and oxygen atoms in total. The van der Waals surface area contributed by atoms with E-state index in [1.54, 1.807) is 24.3 Å². The lowest BCUT2D eigenvalue weighted by atomic mass is 10.3. The number of benzene rings is 2. The van der Waals surface area contributed by atoms with E-state index in [0.717, 1.165) is 14.6 Å². The van der Waals surface area contributed by atoms with Crippen molar-refractivity contribution in [1.82, 2.24) is 0 Å². The molecule has 0 atom stereocenters. The van der Waals surface area contributed by atoms with Crippen molar-refractivity contribution in [3.8, 4) is 0 Å². The van der Waals surface area contributed by atoms with Gasteiger partial charge in [-0.3, -0.25) is 0 Å². The van der Waals surface area contributed by atoms with E-state index in [0.29, 0.717) is 11.4 Å². The van der Waals surface area contributed by atoms with Crippen LogP contribution < -0.4 is 5.32 Å². The zero-order valence-corrected chi connectivity index (χ0v) is 14.5. The van der Waals surface area contributed by atoms with Gasteiger partial charge in [0.25, 0.3) is 0 Å². The van der Waals surface area contributed by atoms with Crippen LogP contribution in [-0.4, -0.2) is 20.7 Å². The number of anilines is 1. The number of nitrogens with one attached hydrogen (secondary N) is 1. The van der Waals surface area contributed by atoms with Crippen molar-refractivity contribution >= 4 is 47.4 Å². The minimum atomic E-state index is -3.25. The second-order valence-electron chi connectivity index (χ2n) is 4.21. The van der Waals surface area contributed by atoms with Gasteiger partial charge in [0.1, 0.15) is 0 Å². The summed E-state index contributed by atoms with van der Waals surface area (Å²) in [6.07, 6.45) is 0. The largest absolute Gasteiger partial charge is 0.384 e. The minimum Gasteiger partial charge on any atom is -0.384 e. The Morgan fingerprint density at radius 2 is 1.35 bits per heavy atom. The van der Waals surface area contributed by atoms with Crippen molar-refractivity contribution in [2.24, 2.45) is 0 Å². The van der Waals surface area contributed by atoms with Crippen LogP contribution >= 0.6 is 31.9 Å². The lowest BCUT2D eigenvalue weighted by Crippen LogP contribution is -2.15. The maximum absolute atomic E-state index is 12.1. The van der Waals surface area contributed by atoms with Crippen LogP contribution in [0.15, 0.2) is 62.4 Å². The molecule has 0 radical (unpaired) electrons. The molecule has 0 saturated carbocycles. The van der Waals surface area contributed by atoms with Crippen molar-refractivity contribution in [2.45, 2.75) is 4.90 Å². The molecule has 0 unspecified atom stereocenters. The van der Waals surface area contributed by atoms with Crippen LogP contribution in [0.3, 0.4) is 0 Å². The summed E-state index contributed by atoms with van der Waals surface area (Å²) < 4.78 is 26.1. The normalized spacial score (nSPS) is 11.3. The topological polar surface area (TPSA) is 46.2 Å². The molecule has 2 aromatic rings. The lowest BCUT2D eigenvalue weighted by molar-refractivity contribution is 0.596. The SMILES string of the molecule is O=S(=O)(CCNc1ccc(Br)cc1)c1ccc(Br)cc1. The third-order valence-electron chi connectivity index (χ3n) is 2.72. The van der Waals surface area contributed by atoms with Gasteiger partial charge in [-0.15, -0.1) is 0 Å². The summed E-state index contributed by atoms with van der Waals surface area (Å²) in [4.78, 5) is 0.346. The molecule has 2 rings (SSSR count). The lowest BCUT2D eigenvalue weighted by Gasteiger charge is -2.08. The highest BCUT2D eigenvalue weighted by atomic mass is 79.9. The molecule has 0 heterocycles. The highest BCUT2D eigenvalue weighted by molar-refractivity contribution is 9.10. The van der Waals surface area contributed by atoms with Crippen LogP contribution in [0.1, 0.15) is 0 Å². The number of sulfone groups is 1. The third-order valence-corrected chi connectivity index (χ3v) is 5.51. The Bertz CT molecular complexity index is 667. The van der Waals surface area contributed by atoms with Crippen molar-refractivity contribution in [1.29, 1.82) is 0 Å². The monoisotopic (exact) mass is 417 g/mol. The van der Waals surface area contributed by atoms with Gasteiger partial charge in [0.2, 0.25) is 0 Å². The predicted molar refractivity (Wildman–Crippen MR) is 88.8 cm³/mol. The molecule has 1 N–H and O–H groups in total. The summed E-state index contributed by atoms with van der Waals surface area (Å²) in [5.41, 5.74) is 0.902. The number of rotatable bonds is 5. The van der Waals surface area contributed by atoms with Gasteiger partial charge >= 0.3 is 0 Å². The van der Waals surface area contributed by atoms with Gasteiger partial charge in [0.05, 0.1) is 10.6 Å². The predicted octanol–water partition coefficient (Wildman–Crippen LogP) is 4.10. The van der Waals surface area contributed by atoms with Crippen molar-refractivity contribution in [2.75, 3.05) is 17.6 Å². The van der Waals surface area contributed by atoms with Crippen molar-refractivity contribution in [3.63, 3.8) is 0 Å². The Morgan fingerprint density at radius 1 is 0.850 bits per heavy atom. The molecular weight excluding hydrogens is 406 g/mol. The highest BCUT2D eigenvalue weighted by Crippen LogP contribution is 2.17. The first-order valence-corrected chi connectivity index (χ1v) is 9.19. The summed E-state index contributed by atoms with van der Waals surface area (Å²) >= 11 is 6.64. The fraction of sp³-hybridized carbons (Fsp3) is 0.143. The Labute approximate surface area is 135 Å². The molecule has 6 heteroatoms. The third kappa shape index (κ3) is 4.33. The summed E-state index contributed by atoms with van der Waals surface area (Å²) in [6.45, 7) is 0.375. The van der Waals surface area contributed by atoms with Gasteiger partial charge in [0, 0.05) is 21.2 Å². The molecule has 0 aliphatic carbocycles. The second-order valence-corrected chi connectivity index (χ2v) is 8.15. The molecule has 0 saturated heterocycles. The summed E-state index contributed by atoms with van der Waals surface area (Å²) in [5.74, 6) is 0.0602. The van der Waals surface area contributed by atoms with Gasteiger partial charge in [0.15, 0.2) is 9.84 Å². The molecular formula is C14H13Br2NO2S. The summed E-state index contributed by atoms with van der Waals surface area (Å²) in [6, 6.07) is 14.3. The van der Waals surface area contributed by atoms with E-state index in [-0.39, 0.29) is 5.75 Å². The molecule has 0 spiro atoms. The standard InChI is InChI=1S/C14H13Br2NO2S/c15-11-1-5-13(6-2-11)17-9-10-20(18,19)14-7-3-12(16)4-8-14/h1-8,17H,9-10H2. The van der Waals surface area contributed by atoms with E-state index in [1.165, 1.54) is 0 Å². The van der Waals surface area contributed by atoms with Crippen LogP contribution in [0, 0.1) is 0 Å². The molecule has 2 aromatic carbocycles. The van der Waals surface area contributed by atoms with Gasteiger partial charge in [-0.05, 0) is 48.5 Å². The van der Waals surface area contributed by atoms with Gasteiger partial charge < -0.3 is 5.32 Å². The fourth-order valence-corrected chi connectivity index (χ4v) is 3.34. The highest BCUT2D eigenvalue weighted by Gasteiger charge is 2.13. The Balaban J connectivity index is 1.96. The number of halogens is 2. The second kappa shape index (κ2) is 6.74. The van der Waals surface area contributed by atoms with Crippen LogP contribution in [0.4, 0.5) is 5.69 Å². The van der Waals surface area contributed by atoms with Gasteiger partial charge in [-0.25, -0.2) is 8.42 Å². The zero-order chi connectivity index (χ0) is 14.6. The maximum Gasteiger partial charge on any atom is 0.180 e. The van der Waals surface area contributed by atoms with Crippen molar-refractivity contribution in [3.05, 3.63) is 57.5 Å². The van der Waals surface area contributed by atoms with Crippen LogP contribution in [0.2, 0.25) is 0 Å². The Kier molecular flexibility index (Phi) is 5.23. The molecule has 20 heavy (non-hydrogen) atoms. The smallest absolute Gasteiger partial charge is 0.180 e. The average Bonchev–Trinajstić information content (AvgIpc) is 2.41. The quantitative estimate of drug-likeness (QED) is 0.794. The first-order chi connectivity index (χ1) is 9.47. The minimum absolute atomic E-state index is 0.0602. The van der Waals surface area contributed by atoms with Gasteiger partial charge in [-0.1, -0.05) is 31.9 Å². The van der Waals surface area contributed by atoms with E-state index in [1.807, 2.05) is 24.3 Å². The maximum atomic E-state index is 12.1. The van der Waals surface area contributed by atoms with E-state index in [9.17, 15) is 8.42 Å². The molecule has 0 aliphatic heterocycles. The van der Waals surface area contributed by atoms with E-state index in [4.69, 9.17) is 0 Å². The fourth-order valence-electron chi connectivity index (χ4n) is 1.66. The summed E-state index contributed by atoms with van der Waals surface area (Å²) in [7, 11) is -3.25. The Hall–Kier alpha value is -0.850. The van der Waals surface area contributed by atoms with E-state index < -0.39 is 9.84 Å². The number of hydrogen-bond donors (Lipinski definition) is 1. The molecule has 0 bridgehead atoms. The first-order valence-electron chi connectivity index (χ1n) is 5.95. The zero-order valence-electron chi connectivity index (χ0n) is 10.5. The number of hydrogen-bond acceptors (Lipinski definition) is 3. The van der Waals surface area contributed by atoms with Gasteiger partial charge in [-0.2, -0.15) is 0 Å². The van der Waals surface area contributed by atoms with Crippen LogP contribution in [-0.2, 0) is 9.84 Å². The molecule has 0 fully saturated rings. The van der Waals surface area contributed by atoms with E-state index in [2.05, 4.69) is 37.2 Å². The molecule has 106 valence electrons. The van der Waals surface area contributed by atoms with E-state index >= 15 is 0 Å². The summed E-state index contributed by atoms with van der Waals surface area (Å²) in [5, 5.41) is 3.10. The van der Waals surface area contributed by atoms with Crippen LogP contribution in [0.25, 0.3) is 0 Å². The molecule has 0 aliphatic rings. The molecule has 0 aromatic heterocycles. The average molecular weight is 419 g/mol. The molecule has 0 amide bonds. The van der Waals surface area contributed by atoms with Crippen molar-refractivity contribution < 1.29 is 8.42 Å². The van der Waals surface area contributed by atoms with Crippen LogP contribution in [0.5, 0.6) is 0 Å². The Morgan fingerprint density at radius 3 is 1.90 bits per heavy atom.